The molecule has 0 aromatic heterocycles. The van der Waals surface area contributed by atoms with Gasteiger partial charge in [-0.05, 0) is 46.7 Å². The SMILES string of the molecule is CC(C)N(C)CCCCNC(=O)[C@@H]1C[C@@H]1C(=O)O. The molecule has 0 bridgehead atoms. The van der Waals surface area contributed by atoms with E-state index in [1.807, 2.05) is 0 Å². The quantitative estimate of drug-likeness (QED) is 0.634. The standard InChI is InChI=1S/C13H24N2O3/c1-9(2)15(3)7-5-4-6-14-12(16)10-8-11(10)13(17)18/h9-11H,4-8H2,1-3H3,(H,14,16)(H,17,18)/t10-,11+/m1/s1. The first-order valence-electron chi connectivity index (χ1n) is 6.64. The van der Waals surface area contributed by atoms with Gasteiger partial charge < -0.3 is 15.3 Å². The van der Waals surface area contributed by atoms with Crippen molar-refractivity contribution < 1.29 is 14.7 Å². The summed E-state index contributed by atoms with van der Waals surface area (Å²) in [6, 6.07) is 0.544. The van der Waals surface area contributed by atoms with Crippen LogP contribution < -0.4 is 5.32 Å². The van der Waals surface area contributed by atoms with Crippen molar-refractivity contribution in [2.24, 2.45) is 11.8 Å². The molecule has 1 fully saturated rings. The number of rotatable bonds is 8. The predicted molar refractivity (Wildman–Crippen MR) is 69.2 cm³/mol. The minimum atomic E-state index is -0.853. The number of hydrogen-bond acceptors (Lipinski definition) is 3. The molecular weight excluding hydrogens is 232 g/mol. The fourth-order valence-corrected chi connectivity index (χ4v) is 1.84. The maximum Gasteiger partial charge on any atom is 0.307 e. The van der Waals surface area contributed by atoms with Gasteiger partial charge >= 0.3 is 5.97 Å². The van der Waals surface area contributed by atoms with Gasteiger partial charge in [0.05, 0.1) is 11.8 Å². The van der Waals surface area contributed by atoms with Gasteiger partial charge in [0.15, 0.2) is 0 Å². The normalized spacial score (nSPS) is 22.3. The molecule has 1 aliphatic rings. The van der Waals surface area contributed by atoms with Crippen LogP contribution in [0.1, 0.15) is 33.1 Å². The van der Waals surface area contributed by atoms with Crippen LogP contribution in [0.2, 0.25) is 0 Å². The molecule has 0 heterocycles. The van der Waals surface area contributed by atoms with Gasteiger partial charge in [-0.25, -0.2) is 0 Å². The van der Waals surface area contributed by atoms with E-state index in [0.29, 0.717) is 19.0 Å². The average Bonchev–Trinajstić information content (AvgIpc) is 3.07. The van der Waals surface area contributed by atoms with E-state index in [9.17, 15) is 9.59 Å². The molecule has 0 aromatic rings. The van der Waals surface area contributed by atoms with Crippen LogP contribution in [-0.2, 0) is 9.59 Å². The Morgan fingerprint density at radius 1 is 1.33 bits per heavy atom. The van der Waals surface area contributed by atoms with Crippen molar-refractivity contribution in [3.05, 3.63) is 0 Å². The van der Waals surface area contributed by atoms with Crippen molar-refractivity contribution in [3.63, 3.8) is 0 Å². The number of hydrogen-bond donors (Lipinski definition) is 2. The highest BCUT2D eigenvalue weighted by Gasteiger charge is 2.48. The molecule has 0 unspecified atom stereocenters. The molecule has 5 heteroatoms. The van der Waals surface area contributed by atoms with Crippen LogP contribution in [0.5, 0.6) is 0 Å². The maximum atomic E-state index is 11.5. The summed E-state index contributed by atoms with van der Waals surface area (Å²) >= 11 is 0. The van der Waals surface area contributed by atoms with Crippen molar-refractivity contribution in [2.75, 3.05) is 20.1 Å². The lowest BCUT2D eigenvalue weighted by Gasteiger charge is -2.20. The monoisotopic (exact) mass is 256 g/mol. The van der Waals surface area contributed by atoms with Gasteiger partial charge in [0.1, 0.15) is 0 Å². The largest absolute Gasteiger partial charge is 0.481 e. The Bertz CT molecular complexity index is 305. The average molecular weight is 256 g/mol. The zero-order valence-electron chi connectivity index (χ0n) is 11.5. The molecule has 0 radical (unpaired) electrons. The number of carbonyl (C=O) groups is 2. The van der Waals surface area contributed by atoms with E-state index < -0.39 is 11.9 Å². The van der Waals surface area contributed by atoms with Crippen LogP contribution in [0.3, 0.4) is 0 Å². The predicted octanol–water partition coefficient (Wildman–Crippen LogP) is 0.944. The van der Waals surface area contributed by atoms with Crippen LogP contribution in [0, 0.1) is 11.8 Å². The summed E-state index contributed by atoms with van der Waals surface area (Å²) in [6.07, 6.45) is 2.48. The summed E-state index contributed by atoms with van der Waals surface area (Å²) in [5.41, 5.74) is 0. The third-order valence-electron chi connectivity index (χ3n) is 3.56. The summed E-state index contributed by atoms with van der Waals surface area (Å²) in [4.78, 5) is 24.4. The Kier molecular flexibility index (Phi) is 5.59. The van der Waals surface area contributed by atoms with E-state index >= 15 is 0 Å². The van der Waals surface area contributed by atoms with Crippen molar-refractivity contribution in [1.82, 2.24) is 10.2 Å². The first kappa shape index (κ1) is 15.0. The van der Waals surface area contributed by atoms with Gasteiger partial charge in [0, 0.05) is 12.6 Å². The van der Waals surface area contributed by atoms with Gasteiger partial charge in [-0.2, -0.15) is 0 Å². The van der Waals surface area contributed by atoms with Crippen molar-refractivity contribution >= 4 is 11.9 Å². The number of carboxylic acids is 1. The Morgan fingerprint density at radius 2 is 2.00 bits per heavy atom. The van der Waals surface area contributed by atoms with E-state index in [1.54, 1.807) is 0 Å². The van der Waals surface area contributed by atoms with Crippen molar-refractivity contribution in [2.45, 2.75) is 39.2 Å². The molecule has 1 saturated carbocycles. The smallest absolute Gasteiger partial charge is 0.307 e. The number of amides is 1. The van der Waals surface area contributed by atoms with E-state index in [2.05, 4.69) is 31.1 Å². The number of nitrogens with one attached hydrogen (secondary N) is 1. The van der Waals surface area contributed by atoms with Gasteiger partial charge in [-0.3, -0.25) is 9.59 Å². The number of nitrogens with zero attached hydrogens (tertiary/aromatic N) is 1. The first-order chi connectivity index (χ1) is 8.43. The van der Waals surface area contributed by atoms with E-state index in [-0.39, 0.29) is 11.8 Å². The molecule has 104 valence electrons. The van der Waals surface area contributed by atoms with Crippen LogP contribution in [0.25, 0.3) is 0 Å². The van der Waals surface area contributed by atoms with Crippen LogP contribution in [0.15, 0.2) is 0 Å². The van der Waals surface area contributed by atoms with E-state index in [4.69, 9.17) is 5.11 Å². The third kappa shape index (κ3) is 4.64. The van der Waals surface area contributed by atoms with Gasteiger partial charge in [-0.15, -0.1) is 0 Å². The van der Waals surface area contributed by atoms with Crippen molar-refractivity contribution in [1.29, 1.82) is 0 Å². The maximum absolute atomic E-state index is 11.5. The summed E-state index contributed by atoms with van der Waals surface area (Å²) in [5.74, 6) is -1.69. The lowest BCUT2D eigenvalue weighted by molar-refractivity contribution is -0.140. The zero-order valence-corrected chi connectivity index (χ0v) is 11.5. The van der Waals surface area contributed by atoms with Gasteiger partial charge in [-0.1, -0.05) is 0 Å². The lowest BCUT2D eigenvalue weighted by Crippen LogP contribution is -2.30. The van der Waals surface area contributed by atoms with Gasteiger partial charge in [0.2, 0.25) is 5.91 Å². The molecule has 0 spiro atoms. The van der Waals surface area contributed by atoms with Gasteiger partial charge in [0.25, 0.3) is 0 Å². The highest BCUT2D eigenvalue weighted by atomic mass is 16.4. The summed E-state index contributed by atoms with van der Waals surface area (Å²) < 4.78 is 0. The molecule has 0 aliphatic heterocycles. The second-order valence-corrected chi connectivity index (χ2v) is 5.36. The summed E-state index contributed by atoms with van der Waals surface area (Å²) in [6.45, 7) is 5.98. The molecule has 1 rings (SSSR count). The molecule has 0 saturated heterocycles. The van der Waals surface area contributed by atoms with Crippen LogP contribution in [-0.4, -0.2) is 48.1 Å². The molecule has 1 aliphatic carbocycles. The van der Waals surface area contributed by atoms with Crippen LogP contribution >= 0.6 is 0 Å². The minimum absolute atomic E-state index is 0.0976. The fraction of sp³-hybridized carbons (Fsp3) is 0.846. The number of carbonyl (C=O) groups excluding carboxylic acids is 1. The minimum Gasteiger partial charge on any atom is -0.481 e. The van der Waals surface area contributed by atoms with E-state index in [0.717, 1.165) is 19.4 Å². The topological polar surface area (TPSA) is 69.6 Å². The molecule has 1 amide bonds. The highest BCUT2D eigenvalue weighted by Crippen LogP contribution is 2.38. The molecule has 18 heavy (non-hydrogen) atoms. The van der Waals surface area contributed by atoms with E-state index in [1.165, 1.54) is 0 Å². The third-order valence-corrected chi connectivity index (χ3v) is 3.56. The number of aliphatic carboxylic acids is 1. The fourth-order valence-electron chi connectivity index (χ4n) is 1.84. The summed E-state index contributed by atoms with van der Waals surface area (Å²) in [7, 11) is 2.09. The first-order valence-corrected chi connectivity index (χ1v) is 6.64. The summed E-state index contributed by atoms with van der Waals surface area (Å²) in [5, 5.41) is 11.5. The molecule has 0 aromatic carbocycles. The van der Waals surface area contributed by atoms with Crippen LogP contribution in [0.4, 0.5) is 0 Å². The molecule has 5 nitrogen and oxygen atoms in total. The second-order valence-electron chi connectivity index (χ2n) is 5.36. The Morgan fingerprint density at radius 3 is 2.50 bits per heavy atom. The number of unbranched alkanes of at least 4 members (excludes halogenated alkanes) is 1. The Balaban J connectivity index is 2.02. The molecule has 2 N–H and O–H groups in total. The number of carboxylic acid groups (broad SMARTS) is 1. The second kappa shape index (κ2) is 6.73. The molecule has 2 atom stereocenters. The van der Waals surface area contributed by atoms with Crippen molar-refractivity contribution in [3.8, 4) is 0 Å². The Hall–Kier alpha value is -1.10. The lowest BCUT2D eigenvalue weighted by atomic mass is 10.2. The Labute approximate surface area is 109 Å². The highest BCUT2D eigenvalue weighted by molar-refractivity contribution is 5.89. The zero-order chi connectivity index (χ0) is 13.7. The molecular formula is C13H24N2O3.